The molecule has 0 aromatic carbocycles. The van der Waals surface area contributed by atoms with Gasteiger partial charge in [-0.15, -0.1) is 12.4 Å². The number of nitrogens with zero attached hydrogens (tertiary/aromatic N) is 2. The quantitative estimate of drug-likeness (QED) is 0.738. The van der Waals surface area contributed by atoms with Crippen molar-refractivity contribution in [2.24, 2.45) is 0 Å². The number of alkyl halides is 2. The van der Waals surface area contributed by atoms with Gasteiger partial charge < -0.3 is 5.73 Å². The topological polar surface area (TPSA) is 43.8 Å². The van der Waals surface area contributed by atoms with Crippen molar-refractivity contribution in [3.63, 3.8) is 0 Å². The van der Waals surface area contributed by atoms with E-state index >= 15 is 0 Å². The summed E-state index contributed by atoms with van der Waals surface area (Å²) in [6.45, 7) is 0. The number of hydrogen-bond donors (Lipinski definition) is 1. The molecular formula is C6H8ClF2N3. The van der Waals surface area contributed by atoms with E-state index in [-0.39, 0.29) is 18.8 Å². The Morgan fingerprint density at radius 2 is 2.25 bits per heavy atom. The van der Waals surface area contributed by atoms with E-state index in [1.807, 2.05) is 0 Å². The summed E-state index contributed by atoms with van der Waals surface area (Å²) in [4.78, 5) is 0. The molecule has 1 aliphatic carbocycles. The third kappa shape index (κ3) is 1.24. The second kappa shape index (κ2) is 2.58. The molecule has 0 radical (unpaired) electrons. The predicted molar refractivity (Wildman–Crippen MR) is 42.5 cm³/mol. The van der Waals surface area contributed by atoms with Crippen molar-refractivity contribution in [3.8, 4) is 0 Å². The fraction of sp³-hybridized carbons (Fsp3) is 0.500. The first kappa shape index (κ1) is 9.25. The van der Waals surface area contributed by atoms with E-state index in [1.165, 1.54) is 16.9 Å². The minimum atomic E-state index is -2.60. The van der Waals surface area contributed by atoms with Crippen molar-refractivity contribution in [2.45, 2.75) is 18.4 Å². The monoisotopic (exact) mass is 195 g/mol. The SMILES string of the molecule is Cl.Nc1ccnn1C1CC1(F)F. The Morgan fingerprint density at radius 1 is 1.67 bits per heavy atom. The molecule has 2 N–H and O–H groups in total. The summed E-state index contributed by atoms with van der Waals surface area (Å²) >= 11 is 0. The third-order valence-corrected chi connectivity index (χ3v) is 1.79. The molecule has 2 rings (SSSR count). The van der Waals surface area contributed by atoms with Gasteiger partial charge in [0.1, 0.15) is 11.9 Å². The maximum atomic E-state index is 12.4. The van der Waals surface area contributed by atoms with Crippen LogP contribution in [0.3, 0.4) is 0 Å². The molecule has 68 valence electrons. The van der Waals surface area contributed by atoms with Crippen LogP contribution in [0.1, 0.15) is 12.5 Å². The lowest BCUT2D eigenvalue weighted by molar-refractivity contribution is 0.0988. The first-order valence-corrected chi connectivity index (χ1v) is 3.28. The molecule has 1 unspecified atom stereocenters. The number of hydrogen-bond acceptors (Lipinski definition) is 2. The summed E-state index contributed by atoms with van der Waals surface area (Å²) < 4.78 is 26.0. The Balaban J connectivity index is 0.000000720. The van der Waals surface area contributed by atoms with E-state index in [0.29, 0.717) is 5.82 Å². The van der Waals surface area contributed by atoms with Crippen LogP contribution in [0, 0.1) is 0 Å². The average Bonchev–Trinajstić information content (AvgIpc) is 2.38. The van der Waals surface area contributed by atoms with Crippen LogP contribution in [-0.2, 0) is 0 Å². The largest absolute Gasteiger partial charge is 0.384 e. The molecule has 1 fully saturated rings. The van der Waals surface area contributed by atoms with Gasteiger partial charge in [-0.05, 0) is 6.07 Å². The summed E-state index contributed by atoms with van der Waals surface area (Å²) in [5.74, 6) is -2.30. The molecule has 0 saturated heterocycles. The van der Waals surface area contributed by atoms with E-state index in [0.717, 1.165) is 0 Å². The number of nitrogen functional groups attached to an aromatic ring is 1. The molecule has 1 atom stereocenters. The Hall–Kier alpha value is -0.840. The summed E-state index contributed by atoms with van der Waals surface area (Å²) in [5.41, 5.74) is 5.37. The Bertz CT molecular complexity index is 286. The number of rotatable bonds is 1. The summed E-state index contributed by atoms with van der Waals surface area (Å²) in [6.07, 6.45) is 1.28. The van der Waals surface area contributed by atoms with Crippen molar-refractivity contribution in [3.05, 3.63) is 12.3 Å². The number of halogens is 3. The average molecular weight is 196 g/mol. The highest BCUT2D eigenvalue weighted by atomic mass is 35.5. The molecule has 1 aromatic heterocycles. The standard InChI is InChI=1S/C6H7F2N3.ClH/c7-6(8)3-4(6)11-5(9)1-2-10-11;/h1-2,4H,3,9H2;1H. The van der Waals surface area contributed by atoms with Crippen molar-refractivity contribution in [1.82, 2.24) is 9.78 Å². The summed E-state index contributed by atoms with van der Waals surface area (Å²) in [6, 6.07) is 0.700. The zero-order chi connectivity index (χ0) is 8.06. The highest BCUT2D eigenvalue weighted by Crippen LogP contribution is 2.52. The van der Waals surface area contributed by atoms with Crippen molar-refractivity contribution in [2.75, 3.05) is 5.73 Å². The Labute approximate surface area is 74.0 Å². The normalized spacial score (nSPS) is 24.7. The molecule has 1 heterocycles. The van der Waals surface area contributed by atoms with Crippen molar-refractivity contribution < 1.29 is 8.78 Å². The van der Waals surface area contributed by atoms with E-state index in [9.17, 15) is 8.78 Å². The van der Waals surface area contributed by atoms with Gasteiger partial charge in [0.25, 0.3) is 5.92 Å². The van der Waals surface area contributed by atoms with Gasteiger partial charge in [0.15, 0.2) is 0 Å². The predicted octanol–water partition coefficient (Wildman–Crippen LogP) is 1.47. The molecule has 1 aliphatic rings. The van der Waals surface area contributed by atoms with Gasteiger partial charge in [-0.1, -0.05) is 0 Å². The minimum Gasteiger partial charge on any atom is -0.384 e. The molecular weight excluding hydrogens is 188 g/mol. The number of aromatic nitrogens is 2. The fourth-order valence-corrected chi connectivity index (χ4v) is 1.05. The maximum Gasteiger partial charge on any atom is 0.272 e. The zero-order valence-electron chi connectivity index (χ0n) is 6.08. The minimum absolute atomic E-state index is 0. The molecule has 1 aromatic rings. The van der Waals surface area contributed by atoms with E-state index in [2.05, 4.69) is 5.10 Å². The molecule has 0 aliphatic heterocycles. The molecule has 3 nitrogen and oxygen atoms in total. The molecule has 0 spiro atoms. The van der Waals surface area contributed by atoms with Gasteiger partial charge in [-0.3, -0.25) is 0 Å². The zero-order valence-corrected chi connectivity index (χ0v) is 6.89. The molecule has 12 heavy (non-hydrogen) atoms. The first-order chi connectivity index (χ1) is 5.11. The highest BCUT2D eigenvalue weighted by molar-refractivity contribution is 5.85. The van der Waals surface area contributed by atoms with Gasteiger partial charge in [0.2, 0.25) is 0 Å². The molecule has 6 heteroatoms. The van der Waals surface area contributed by atoms with E-state index in [1.54, 1.807) is 0 Å². The van der Waals surface area contributed by atoms with Gasteiger partial charge in [-0.25, -0.2) is 13.5 Å². The van der Waals surface area contributed by atoms with Gasteiger partial charge in [0, 0.05) is 6.42 Å². The van der Waals surface area contributed by atoms with Crippen LogP contribution in [0.4, 0.5) is 14.6 Å². The molecule has 0 amide bonds. The van der Waals surface area contributed by atoms with Crippen LogP contribution in [0.15, 0.2) is 12.3 Å². The molecule has 1 saturated carbocycles. The van der Waals surface area contributed by atoms with Crippen LogP contribution in [0.2, 0.25) is 0 Å². The number of anilines is 1. The Kier molecular flexibility index (Phi) is 1.99. The number of nitrogens with two attached hydrogens (primary N) is 1. The lowest BCUT2D eigenvalue weighted by Crippen LogP contribution is -2.07. The van der Waals surface area contributed by atoms with Crippen LogP contribution < -0.4 is 5.73 Å². The van der Waals surface area contributed by atoms with Gasteiger partial charge in [0.05, 0.1) is 6.20 Å². The van der Waals surface area contributed by atoms with Crippen LogP contribution in [0.25, 0.3) is 0 Å². The van der Waals surface area contributed by atoms with E-state index < -0.39 is 12.0 Å². The van der Waals surface area contributed by atoms with Crippen LogP contribution in [0.5, 0.6) is 0 Å². The third-order valence-electron chi connectivity index (χ3n) is 1.79. The van der Waals surface area contributed by atoms with Crippen LogP contribution in [-0.4, -0.2) is 15.7 Å². The fourth-order valence-electron chi connectivity index (χ4n) is 1.05. The lowest BCUT2D eigenvalue weighted by Gasteiger charge is -2.00. The van der Waals surface area contributed by atoms with Crippen molar-refractivity contribution in [1.29, 1.82) is 0 Å². The van der Waals surface area contributed by atoms with Crippen molar-refractivity contribution >= 4 is 18.2 Å². The first-order valence-electron chi connectivity index (χ1n) is 3.28. The summed E-state index contributed by atoms with van der Waals surface area (Å²) in [7, 11) is 0. The second-order valence-corrected chi connectivity index (χ2v) is 2.68. The Morgan fingerprint density at radius 3 is 2.58 bits per heavy atom. The summed E-state index contributed by atoms with van der Waals surface area (Å²) in [5, 5.41) is 3.69. The van der Waals surface area contributed by atoms with Gasteiger partial charge >= 0.3 is 0 Å². The molecule has 0 bridgehead atoms. The lowest BCUT2D eigenvalue weighted by atomic mass is 10.6. The van der Waals surface area contributed by atoms with E-state index in [4.69, 9.17) is 5.73 Å². The maximum absolute atomic E-state index is 12.4. The van der Waals surface area contributed by atoms with Crippen LogP contribution >= 0.6 is 12.4 Å². The smallest absolute Gasteiger partial charge is 0.272 e. The highest BCUT2D eigenvalue weighted by Gasteiger charge is 2.59. The van der Waals surface area contributed by atoms with Gasteiger partial charge in [-0.2, -0.15) is 5.10 Å². The second-order valence-electron chi connectivity index (χ2n) is 2.68.